The van der Waals surface area contributed by atoms with Crippen LogP contribution in [0.4, 0.5) is 10.5 Å². The molecule has 2 N–H and O–H groups in total. The summed E-state index contributed by atoms with van der Waals surface area (Å²) in [6, 6.07) is 4.29. The van der Waals surface area contributed by atoms with Crippen molar-refractivity contribution in [3.8, 4) is 0 Å². The third kappa shape index (κ3) is 5.17. The van der Waals surface area contributed by atoms with Crippen LogP contribution in [0.5, 0.6) is 0 Å². The largest absolute Gasteiger partial charge is 0.383 e. The topological polar surface area (TPSA) is 101 Å². The maximum absolute atomic E-state index is 12.0. The van der Waals surface area contributed by atoms with Crippen molar-refractivity contribution in [2.24, 2.45) is 0 Å². The van der Waals surface area contributed by atoms with Gasteiger partial charge in [0.15, 0.2) is 5.82 Å². The Morgan fingerprint density at radius 2 is 2.12 bits per heavy atom. The van der Waals surface area contributed by atoms with Crippen LogP contribution in [0, 0.1) is 0 Å². The number of benzene rings is 1. The minimum absolute atomic E-state index is 0.207. The van der Waals surface area contributed by atoms with Crippen LogP contribution in [0.3, 0.4) is 0 Å². The molecule has 0 aliphatic carbocycles. The monoisotopic (exact) mass is 380 g/mol. The molecule has 26 heavy (non-hydrogen) atoms. The van der Waals surface area contributed by atoms with Crippen LogP contribution in [0.1, 0.15) is 16.2 Å². The summed E-state index contributed by atoms with van der Waals surface area (Å²) in [7, 11) is 4.89. The molecule has 0 aliphatic heterocycles. The Balaban J connectivity index is 1.93. The fourth-order valence-corrected chi connectivity index (χ4v) is 2.40. The summed E-state index contributed by atoms with van der Waals surface area (Å²) >= 11 is 6.13. The number of nitrogens with one attached hydrogen (secondary N) is 2. The molecule has 3 amide bonds. The molecule has 9 nitrogen and oxygen atoms in total. The van der Waals surface area contributed by atoms with E-state index < -0.39 is 6.03 Å². The summed E-state index contributed by atoms with van der Waals surface area (Å²) in [5, 5.41) is 13.4. The normalized spacial score (nSPS) is 10.5. The minimum Gasteiger partial charge on any atom is -0.383 e. The summed E-state index contributed by atoms with van der Waals surface area (Å²) in [4.78, 5) is 25.4. The van der Waals surface area contributed by atoms with E-state index in [1.807, 2.05) is 0 Å². The Morgan fingerprint density at radius 1 is 1.35 bits per heavy atom. The Bertz CT molecular complexity index is 777. The van der Waals surface area contributed by atoms with Crippen molar-refractivity contribution in [3.63, 3.8) is 0 Å². The van der Waals surface area contributed by atoms with Gasteiger partial charge in [0.05, 0.1) is 23.7 Å². The number of halogens is 1. The number of methoxy groups -OCH3 is 1. The van der Waals surface area contributed by atoms with Crippen LogP contribution < -0.4 is 10.6 Å². The van der Waals surface area contributed by atoms with Crippen LogP contribution >= 0.6 is 11.6 Å². The van der Waals surface area contributed by atoms with Gasteiger partial charge in [-0.3, -0.25) is 4.79 Å². The van der Waals surface area contributed by atoms with Gasteiger partial charge in [0.25, 0.3) is 5.91 Å². The van der Waals surface area contributed by atoms with E-state index in [0.29, 0.717) is 30.2 Å². The summed E-state index contributed by atoms with van der Waals surface area (Å²) in [5.74, 6) is 0.406. The number of hydrogen-bond acceptors (Lipinski definition) is 5. The molecule has 140 valence electrons. The lowest BCUT2D eigenvalue weighted by molar-refractivity contribution is 0.0828. The standard InChI is InChI=1S/C16H21ClN6O3/c1-22(2)15(24)12-5-4-11(8-13(12)17)20-16(25)18-9-14-21-19-10-23(14)6-7-26-3/h4-5,8,10H,6-7,9H2,1-3H3,(H2,18,20,25). The van der Waals surface area contributed by atoms with Gasteiger partial charge in [-0.15, -0.1) is 10.2 Å². The Kier molecular flexibility index (Phi) is 6.93. The van der Waals surface area contributed by atoms with E-state index in [-0.39, 0.29) is 17.5 Å². The number of carbonyl (C=O) groups is 2. The van der Waals surface area contributed by atoms with Gasteiger partial charge in [-0.2, -0.15) is 0 Å². The van der Waals surface area contributed by atoms with E-state index in [9.17, 15) is 9.59 Å². The van der Waals surface area contributed by atoms with Crippen molar-refractivity contribution < 1.29 is 14.3 Å². The lowest BCUT2D eigenvalue weighted by atomic mass is 10.2. The van der Waals surface area contributed by atoms with E-state index >= 15 is 0 Å². The number of nitrogens with zero attached hydrogens (tertiary/aromatic N) is 4. The van der Waals surface area contributed by atoms with E-state index in [0.717, 1.165) is 0 Å². The fourth-order valence-electron chi connectivity index (χ4n) is 2.13. The minimum atomic E-state index is -0.422. The van der Waals surface area contributed by atoms with E-state index in [4.69, 9.17) is 16.3 Å². The second-order valence-electron chi connectivity index (χ2n) is 5.64. The molecule has 1 heterocycles. The van der Waals surface area contributed by atoms with Crippen molar-refractivity contribution in [2.45, 2.75) is 13.1 Å². The predicted molar refractivity (Wildman–Crippen MR) is 97.2 cm³/mol. The number of amides is 3. The number of urea groups is 1. The molecule has 2 aromatic rings. The van der Waals surface area contributed by atoms with Gasteiger partial charge >= 0.3 is 6.03 Å². The summed E-state index contributed by atoms with van der Waals surface area (Å²) < 4.78 is 6.81. The first kappa shape index (κ1) is 19.7. The molecule has 2 rings (SSSR count). The zero-order valence-electron chi connectivity index (χ0n) is 14.8. The highest BCUT2D eigenvalue weighted by Crippen LogP contribution is 2.22. The number of ether oxygens (including phenoxy) is 1. The number of carbonyl (C=O) groups excluding carboxylic acids is 2. The first-order valence-electron chi connectivity index (χ1n) is 7.84. The highest BCUT2D eigenvalue weighted by atomic mass is 35.5. The molecule has 0 saturated heterocycles. The van der Waals surface area contributed by atoms with Crippen molar-refractivity contribution in [1.29, 1.82) is 0 Å². The predicted octanol–water partition coefficient (Wildman–Crippen LogP) is 1.60. The number of aromatic nitrogens is 3. The van der Waals surface area contributed by atoms with Gasteiger partial charge in [0.1, 0.15) is 6.33 Å². The molecule has 1 aromatic carbocycles. The number of hydrogen-bond donors (Lipinski definition) is 2. The average Bonchev–Trinajstić information content (AvgIpc) is 3.05. The summed E-state index contributed by atoms with van der Waals surface area (Å²) in [6.45, 7) is 1.33. The van der Waals surface area contributed by atoms with E-state index in [1.54, 1.807) is 44.2 Å². The van der Waals surface area contributed by atoms with Gasteiger partial charge in [0.2, 0.25) is 0 Å². The molecule has 0 bridgehead atoms. The zero-order valence-corrected chi connectivity index (χ0v) is 15.6. The van der Waals surface area contributed by atoms with Gasteiger partial charge in [-0.1, -0.05) is 11.6 Å². The van der Waals surface area contributed by atoms with E-state index in [2.05, 4.69) is 20.8 Å². The lowest BCUT2D eigenvalue weighted by Crippen LogP contribution is -2.29. The first-order valence-corrected chi connectivity index (χ1v) is 8.22. The summed E-state index contributed by atoms with van der Waals surface area (Å²) in [5.41, 5.74) is 0.845. The quantitative estimate of drug-likeness (QED) is 0.759. The molecule has 0 aliphatic rings. The molecule has 0 saturated carbocycles. The third-order valence-electron chi connectivity index (χ3n) is 3.50. The van der Waals surface area contributed by atoms with Gasteiger partial charge in [0, 0.05) is 33.4 Å². The molecule has 0 fully saturated rings. The highest BCUT2D eigenvalue weighted by molar-refractivity contribution is 6.34. The van der Waals surface area contributed by atoms with Crippen LogP contribution in [-0.2, 0) is 17.8 Å². The molecule has 0 radical (unpaired) electrons. The van der Waals surface area contributed by atoms with Crippen LogP contribution in [-0.4, -0.2) is 59.4 Å². The third-order valence-corrected chi connectivity index (χ3v) is 3.82. The number of rotatable bonds is 7. The number of anilines is 1. The average molecular weight is 381 g/mol. The van der Waals surface area contributed by atoms with Crippen LogP contribution in [0.2, 0.25) is 5.02 Å². The molecular weight excluding hydrogens is 360 g/mol. The van der Waals surface area contributed by atoms with Crippen molar-refractivity contribution in [1.82, 2.24) is 25.0 Å². The van der Waals surface area contributed by atoms with E-state index in [1.165, 1.54) is 11.0 Å². The Hall–Kier alpha value is -2.65. The zero-order chi connectivity index (χ0) is 19.1. The smallest absolute Gasteiger partial charge is 0.319 e. The molecule has 1 aromatic heterocycles. The maximum atomic E-state index is 12.0. The Morgan fingerprint density at radius 3 is 2.77 bits per heavy atom. The van der Waals surface area contributed by atoms with Crippen LogP contribution in [0.25, 0.3) is 0 Å². The van der Waals surface area contributed by atoms with Gasteiger partial charge in [-0.05, 0) is 18.2 Å². The molecule has 0 unspecified atom stereocenters. The van der Waals surface area contributed by atoms with Crippen molar-refractivity contribution in [2.75, 3.05) is 33.1 Å². The SMILES string of the molecule is COCCn1cnnc1CNC(=O)Nc1ccc(C(=O)N(C)C)c(Cl)c1. The molecule has 0 spiro atoms. The fraction of sp³-hybridized carbons (Fsp3) is 0.375. The lowest BCUT2D eigenvalue weighted by Gasteiger charge is -2.13. The van der Waals surface area contributed by atoms with Gasteiger partial charge < -0.3 is 24.8 Å². The molecular formula is C16H21ClN6O3. The molecule has 0 atom stereocenters. The molecule has 10 heteroatoms. The summed E-state index contributed by atoms with van der Waals surface area (Å²) in [6.07, 6.45) is 1.58. The van der Waals surface area contributed by atoms with Crippen molar-refractivity contribution in [3.05, 3.63) is 40.9 Å². The van der Waals surface area contributed by atoms with Gasteiger partial charge in [-0.25, -0.2) is 4.79 Å². The second kappa shape index (κ2) is 9.16. The second-order valence-corrected chi connectivity index (χ2v) is 6.04. The maximum Gasteiger partial charge on any atom is 0.319 e. The Labute approximate surface area is 156 Å². The highest BCUT2D eigenvalue weighted by Gasteiger charge is 2.13. The van der Waals surface area contributed by atoms with Crippen molar-refractivity contribution >= 4 is 29.2 Å². The van der Waals surface area contributed by atoms with Crippen LogP contribution in [0.15, 0.2) is 24.5 Å². The first-order chi connectivity index (χ1) is 12.4.